The summed E-state index contributed by atoms with van der Waals surface area (Å²) < 4.78 is 18.8. The number of methoxy groups -OCH3 is 1. The molecule has 0 radical (unpaired) electrons. The molecular formula is C18H22ClFN4O2. The molecule has 0 unspecified atom stereocenters. The van der Waals surface area contributed by atoms with Gasteiger partial charge in [0.2, 0.25) is 5.91 Å². The minimum Gasteiger partial charge on any atom is -0.496 e. The second-order valence-electron chi connectivity index (χ2n) is 6.18. The van der Waals surface area contributed by atoms with Gasteiger partial charge in [0.1, 0.15) is 23.7 Å². The van der Waals surface area contributed by atoms with Crippen molar-refractivity contribution in [2.45, 2.75) is 31.7 Å². The van der Waals surface area contributed by atoms with E-state index in [1.807, 2.05) is 0 Å². The Balaban J connectivity index is 0.00000243. The number of nitrogens with two attached hydrogens (primary N) is 1. The summed E-state index contributed by atoms with van der Waals surface area (Å²) in [6, 6.07) is 5.66. The molecule has 3 N–H and O–H groups in total. The van der Waals surface area contributed by atoms with Crippen molar-refractivity contribution in [2.75, 3.05) is 12.4 Å². The molecule has 1 saturated carbocycles. The number of hydrogen-bond donors (Lipinski definition) is 2. The predicted octanol–water partition coefficient (Wildman–Crippen LogP) is 3.17. The zero-order chi connectivity index (χ0) is 17.8. The van der Waals surface area contributed by atoms with Gasteiger partial charge in [-0.25, -0.2) is 14.4 Å². The van der Waals surface area contributed by atoms with Crippen molar-refractivity contribution >= 4 is 24.1 Å². The average molecular weight is 381 g/mol. The molecule has 26 heavy (non-hydrogen) atoms. The van der Waals surface area contributed by atoms with Gasteiger partial charge in [0.25, 0.3) is 0 Å². The van der Waals surface area contributed by atoms with Crippen molar-refractivity contribution in [2.24, 2.45) is 11.7 Å². The van der Waals surface area contributed by atoms with Gasteiger partial charge in [-0.1, -0.05) is 12.8 Å². The number of carbonyl (C=O) groups excluding carboxylic acids is 1. The molecule has 1 aliphatic carbocycles. The van der Waals surface area contributed by atoms with Crippen molar-refractivity contribution in [1.82, 2.24) is 9.97 Å². The first-order chi connectivity index (χ1) is 12.1. The second-order valence-corrected chi connectivity index (χ2v) is 6.18. The van der Waals surface area contributed by atoms with E-state index >= 15 is 0 Å². The van der Waals surface area contributed by atoms with Crippen molar-refractivity contribution < 1.29 is 13.9 Å². The Morgan fingerprint density at radius 1 is 1.27 bits per heavy atom. The quantitative estimate of drug-likeness (QED) is 0.850. The number of hydrogen-bond acceptors (Lipinski definition) is 5. The highest BCUT2D eigenvalue weighted by atomic mass is 35.5. The molecule has 2 atom stereocenters. The number of amides is 1. The lowest BCUT2D eigenvalue weighted by atomic mass is 9.84. The number of nitrogens with zero attached hydrogens (tertiary/aromatic N) is 2. The number of carbonyl (C=O) groups is 1. The van der Waals surface area contributed by atoms with Crippen LogP contribution in [0.2, 0.25) is 0 Å². The van der Waals surface area contributed by atoms with Crippen LogP contribution < -0.4 is 15.8 Å². The maximum Gasteiger partial charge on any atom is 0.230 e. The molecule has 8 heteroatoms. The van der Waals surface area contributed by atoms with E-state index in [4.69, 9.17) is 10.5 Å². The fraction of sp³-hybridized carbons (Fsp3) is 0.389. The third-order valence-corrected chi connectivity index (χ3v) is 4.51. The maximum atomic E-state index is 13.6. The highest BCUT2D eigenvalue weighted by Gasteiger charge is 2.28. The van der Waals surface area contributed by atoms with Gasteiger partial charge in [0.05, 0.1) is 18.7 Å². The largest absolute Gasteiger partial charge is 0.496 e. The monoisotopic (exact) mass is 380 g/mol. The summed E-state index contributed by atoms with van der Waals surface area (Å²) in [5.41, 5.74) is 7.02. The molecule has 1 aromatic carbocycles. The molecule has 0 bridgehead atoms. The molecule has 0 aliphatic heterocycles. The van der Waals surface area contributed by atoms with Crippen molar-refractivity contribution in [3.8, 4) is 17.0 Å². The lowest BCUT2D eigenvalue weighted by Gasteiger charge is -2.27. The van der Waals surface area contributed by atoms with Crippen molar-refractivity contribution in [1.29, 1.82) is 0 Å². The summed E-state index contributed by atoms with van der Waals surface area (Å²) in [7, 11) is 1.51. The molecule has 6 nitrogen and oxygen atoms in total. The lowest BCUT2D eigenvalue weighted by Crippen LogP contribution is -2.40. The molecule has 1 aliphatic rings. The molecule has 2 aromatic rings. The van der Waals surface area contributed by atoms with E-state index in [0.29, 0.717) is 22.8 Å². The first-order valence-corrected chi connectivity index (χ1v) is 8.31. The lowest BCUT2D eigenvalue weighted by molar-refractivity contribution is -0.121. The van der Waals surface area contributed by atoms with E-state index in [1.54, 1.807) is 6.07 Å². The van der Waals surface area contributed by atoms with Crippen LogP contribution in [-0.4, -0.2) is 29.0 Å². The SMILES string of the molecule is COc1ccc(F)cc1-c1cc(NC(=O)[C@H]2CCCC[C@H]2N)ncn1.Cl. The fourth-order valence-corrected chi connectivity index (χ4v) is 3.16. The Bertz CT molecular complexity index is 775. The highest BCUT2D eigenvalue weighted by Crippen LogP contribution is 2.30. The van der Waals surface area contributed by atoms with Gasteiger partial charge in [-0.15, -0.1) is 12.4 Å². The zero-order valence-corrected chi connectivity index (χ0v) is 15.3. The van der Waals surface area contributed by atoms with Crippen LogP contribution in [0.3, 0.4) is 0 Å². The first kappa shape index (κ1) is 20.1. The number of nitrogens with one attached hydrogen (secondary N) is 1. The summed E-state index contributed by atoms with van der Waals surface area (Å²) in [6.07, 6.45) is 5.02. The van der Waals surface area contributed by atoms with Crippen LogP contribution in [0.4, 0.5) is 10.2 Å². The average Bonchev–Trinajstić information content (AvgIpc) is 2.62. The third-order valence-electron chi connectivity index (χ3n) is 4.51. The normalized spacial score (nSPS) is 19.3. The number of halogens is 2. The minimum atomic E-state index is -0.395. The van der Waals surface area contributed by atoms with Gasteiger partial charge in [0, 0.05) is 17.7 Å². The van der Waals surface area contributed by atoms with Crippen LogP contribution >= 0.6 is 12.4 Å². The van der Waals surface area contributed by atoms with Crippen LogP contribution in [-0.2, 0) is 4.79 Å². The zero-order valence-electron chi connectivity index (χ0n) is 14.4. The van der Waals surface area contributed by atoms with E-state index in [0.717, 1.165) is 25.7 Å². The highest BCUT2D eigenvalue weighted by molar-refractivity contribution is 5.92. The molecule has 0 saturated heterocycles. The van der Waals surface area contributed by atoms with E-state index in [1.165, 1.54) is 31.6 Å². The maximum absolute atomic E-state index is 13.6. The standard InChI is InChI=1S/C18H21FN4O2.ClH/c1-25-16-7-6-11(19)8-13(16)15-9-17(22-10-21-15)23-18(24)12-4-2-3-5-14(12)20;/h6-10,12,14H,2-5,20H2,1H3,(H,21,22,23,24);1H/t12-,14+;/m0./s1. The number of rotatable bonds is 4. The number of ether oxygens (including phenoxy) is 1. The van der Waals surface area contributed by atoms with Gasteiger partial charge < -0.3 is 15.8 Å². The summed E-state index contributed by atoms with van der Waals surface area (Å²) >= 11 is 0. The molecule has 1 amide bonds. The smallest absolute Gasteiger partial charge is 0.230 e. The van der Waals surface area contributed by atoms with Crippen molar-refractivity contribution in [3.63, 3.8) is 0 Å². The predicted molar refractivity (Wildman–Crippen MR) is 99.8 cm³/mol. The number of anilines is 1. The molecule has 140 valence electrons. The fourth-order valence-electron chi connectivity index (χ4n) is 3.16. The van der Waals surface area contributed by atoms with E-state index in [2.05, 4.69) is 15.3 Å². The Kier molecular flexibility index (Phi) is 6.88. The molecule has 1 fully saturated rings. The van der Waals surface area contributed by atoms with Crippen molar-refractivity contribution in [3.05, 3.63) is 36.4 Å². The Labute approximate surface area is 157 Å². The minimum absolute atomic E-state index is 0. The van der Waals surface area contributed by atoms with E-state index < -0.39 is 5.82 Å². The molecular weight excluding hydrogens is 359 g/mol. The van der Waals surface area contributed by atoms with Crippen LogP contribution in [0.5, 0.6) is 5.75 Å². The topological polar surface area (TPSA) is 90.1 Å². The van der Waals surface area contributed by atoms with Crippen LogP contribution in [0.1, 0.15) is 25.7 Å². The Hall–Kier alpha value is -2.25. The molecule has 0 spiro atoms. The second kappa shape index (κ2) is 8.91. The summed E-state index contributed by atoms with van der Waals surface area (Å²) in [6.45, 7) is 0. The van der Waals surface area contributed by atoms with Crippen LogP contribution in [0, 0.1) is 11.7 Å². The van der Waals surface area contributed by atoms with Crippen LogP contribution in [0.25, 0.3) is 11.3 Å². The van der Waals surface area contributed by atoms with E-state index in [9.17, 15) is 9.18 Å². The van der Waals surface area contributed by atoms with Gasteiger partial charge in [-0.3, -0.25) is 4.79 Å². The first-order valence-electron chi connectivity index (χ1n) is 8.31. The van der Waals surface area contributed by atoms with Gasteiger partial charge >= 0.3 is 0 Å². The Morgan fingerprint density at radius 2 is 2.04 bits per heavy atom. The van der Waals surface area contributed by atoms with Gasteiger partial charge in [-0.2, -0.15) is 0 Å². The van der Waals surface area contributed by atoms with Gasteiger partial charge in [0.15, 0.2) is 0 Å². The Morgan fingerprint density at radius 3 is 2.77 bits per heavy atom. The summed E-state index contributed by atoms with van der Waals surface area (Å²) in [5, 5.41) is 2.80. The molecule has 1 heterocycles. The van der Waals surface area contributed by atoms with Crippen LogP contribution in [0.15, 0.2) is 30.6 Å². The van der Waals surface area contributed by atoms with E-state index in [-0.39, 0.29) is 30.3 Å². The number of aromatic nitrogens is 2. The summed E-state index contributed by atoms with van der Waals surface area (Å²) in [5.74, 6) is 0.109. The molecule has 3 rings (SSSR count). The molecule has 1 aromatic heterocycles. The summed E-state index contributed by atoms with van der Waals surface area (Å²) in [4.78, 5) is 20.7. The number of benzene rings is 1. The van der Waals surface area contributed by atoms with Gasteiger partial charge in [-0.05, 0) is 31.0 Å². The third kappa shape index (κ3) is 4.47.